The molecule has 0 aliphatic rings. The van der Waals surface area contributed by atoms with Gasteiger partial charge in [0.2, 0.25) is 5.91 Å². The minimum Gasteiger partial charge on any atom is -0.469 e. The first-order valence-electron chi connectivity index (χ1n) is 7.64. The molecule has 1 amide bonds. The van der Waals surface area contributed by atoms with Gasteiger partial charge in [-0.25, -0.2) is 0 Å². The Kier molecular flexibility index (Phi) is 6.95. The Bertz CT molecular complexity index is 475. The van der Waals surface area contributed by atoms with E-state index >= 15 is 0 Å². The van der Waals surface area contributed by atoms with Crippen molar-refractivity contribution in [3.63, 3.8) is 0 Å². The van der Waals surface area contributed by atoms with Crippen molar-refractivity contribution in [1.82, 2.24) is 15.5 Å². The van der Waals surface area contributed by atoms with Crippen molar-refractivity contribution >= 4 is 11.9 Å². The molecule has 1 rings (SSSR count). The second-order valence-electron chi connectivity index (χ2n) is 6.22. The van der Waals surface area contributed by atoms with Crippen molar-refractivity contribution in [1.29, 1.82) is 0 Å². The van der Waals surface area contributed by atoms with E-state index in [1.807, 2.05) is 51.8 Å². The molecule has 6 nitrogen and oxygen atoms in total. The number of amides is 1. The number of carbonyl (C=O) groups excluding carboxylic acids is 1. The van der Waals surface area contributed by atoms with E-state index in [0.29, 0.717) is 6.54 Å². The Hall–Kier alpha value is -1.98. The van der Waals surface area contributed by atoms with Crippen LogP contribution >= 0.6 is 0 Å². The van der Waals surface area contributed by atoms with Gasteiger partial charge in [-0.3, -0.25) is 9.79 Å². The van der Waals surface area contributed by atoms with Crippen LogP contribution in [-0.2, 0) is 11.2 Å². The first kappa shape index (κ1) is 18.1. The zero-order valence-corrected chi connectivity index (χ0v) is 14.3. The van der Waals surface area contributed by atoms with Crippen LogP contribution in [0.5, 0.6) is 0 Å². The number of aliphatic imine (C=N–C) groups is 1. The Balaban J connectivity index is 2.54. The molecule has 0 unspecified atom stereocenters. The fourth-order valence-corrected chi connectivity index (χ4v) is 1.94. The molecule has 0 atom stereocenters. The summed E-state index contributed by atoms with van der Waals surface area (Å²) in [6.07, 6.45) is 2.40. The number of nitrogens with zero attached hydrogens (tertiary/aromatic N) is 2. The number of likely N-dealkylation sites (N-methyl/N-ethyl adjacent to an activating group) is 1. The van der Waals surface area contributed by atoms with E-state index in [0.717, 1.165) is 24.7 Å². The van der Waals surface area contributed by atoms with Crippen LogP contribution in [-0.4, -0.2) is 49.0 Å². The molecule has 1 aromatic heterocycles. The maximum Gasteiger partial charge on any atom is 0.240 e. The highest BCUT2D eigenvalue weighted by atomic mass is 16.3. The Labute approximate surface area is 133 Å². The molecule has 0 bridgehead atoms. The smallest absolute Gasteiger partial charge is 0.240 e. The van der Waals surface area contributed by atoms with Gasteiger partial charge in [0.05, 0.1) is 12.8 Å². The van der Waals surface area contributed by atoms with E-state index in [9.17, 15) is 4.79 Å². The molecule has 124 valence electrons. The monoisotopic (exact) mass is 308 g/mol. The lowest BCUT2D eigenvalue weighted by Crippen LogP contribution is -2.48. The number of hydrogen-bond acceptors (Lipinski definition) is 3. The summed E-state index contributed by atoms with van der Waals surface area (Å²) in [6, 6.07) is 3.80. The molecule has 0 saturated heterocycles. The highest BCUT2D eigenvalue weighted by Crippen LogP contribution is 2.01. The van der Waals surface area contributed by atoms with E-state index < -0.39 is 0 Å². The van der Waals surface area contributed by atoms with Gasteiger partial charge in [0.25, 0.3) is 0 Å². The number of rotatable bonds is 6. The first-order valence-corrected chi connectivity index (χ1v) is 7.64. The van der Waals surface area contributed by atoms with E-state index in [1.165, 1.54) is 0 Å². The van der Waals surface area contributed by atoms with Crippen molar-refractivity contribution in [2.45, 2.75) is 39.7 Å². The number of nitrogens with one attached hydrogen (secondary N) is 2. The number of furan rings is 1. The molecule has 1 heterocycles. The Morgan fingerprint density at radius 3 is 2.68 bits per heavy atom. The summed E-state index contributed by atoms with van der Waals surface area (Å²) in [5.74, 6) is 1.61. The standard InChI is InChI=1S/C16H28N4O2/c1-6-17-15(18-10-9-13-8-7-11-22-13)20(5)12-14(21)19-16(2,3)4/h7-8,11H,6,9-10,12H2,1-5H3,(H,17,18)(H,19,21). The highest BCUT2D eigenvalue weighted by molar-refractivity contribution is 5.86. The lowest BCUT2D eigenvalue weighted by molar-refractivity contribution is -0.122. The average Bonchev–Trinajstić information content (AvgIpc) is 2.88. The maximum atomic E-state index is 12.0. The molecule has 0 aliphatic heterocycles. The Morgan fingerprint density at radius 2 is 2.14 bits per heavy atom. The third-order valence-corrected chi connectivity index (χ3v) is 2.79. The summed E-state index contributed by atoms with van der Waals surface area (Å²) in [5, 5.41) is 6.14. The lowest BCUT2D eigenvalue weighted by Gasteiger charge is -2.25. The molecule has 22 heavy (non-hydrogen) atoms. The van der Waals surface area contributed by atoms with Crippen LogP contribution < -0.4 is 10.6 Å². The van der Waals surface area contributed by atoms with Gasteiger partial charge in [0.15, 0.2) is 5.96 Å². The molecular weight excluding hydrogens is 280 g/mol. The Morgan fingerprint density at radius 1 is 1.41 bits per heavy atom. The molecular formula is C16H28N4O2. The third-order valence-electron chi connectivity index (χ3n) is 2.79. The van der Waals surface area contributed by atoms with Crippen LogP contribution in [0.1, 0.15) is 33.5 Å². The zero-order chi connectivity index (χ0) is 16.6. The average molecular weight is 308 g/mol. The van der Waals surface area contributed by atoms with Crippen LogP contribution in [0.3, 0.4) is 0 Å². The fraction of sp³-hybridized carbons (Fsp3) is 0.625. The quantitative estimate of drug-likeness (QED) is 0.619. The summed E-state index contributed by atoms with van der Waals surface area (Å²) in [7, 11) is 1.86. The summed E-state index contributed by atoms with van der Waals surface area (Å²) in [5.41, 5.74) is -0.229. The van der Waals surface area contributed by atoms with Crippen molar-refractivity contribution in [3.8, 4) is 0 Å². The SMILES string of the molecule is CCNC(=NCCc1ccco1)N(C)CC(=O)NC(C)(C)C. The molecule has 0 aliphatic carbocycles. The summed E-state index contributed by atoms with van der Waals surface area (Å²) >= 11 is 0. The minimum atomic E-state index is -0.229. The van der Waals surface area contributed by atoms with Gasteiger partial charge in [0, 0.05) is 32.1 Å². The van der Waals surface area contributed by atoms with E-state index in [4.69, 9.17) is 4.42 Å². The molecule has 0 saturated carbocycles. The largest absolute Gasteiger partial charge is 0.469 e. The number of carbonyl (C=O) groups is 1. The second kappa shape index (κ2) is 8.46. The fourth-order valence-electron chi connectivity index (χ4n) is 1.94. The summed E-state index contributed by atoms with van der Waals surface area (Å²) in [6.45, 7) is 9.54. The molecule has 0 spiro atoms. The third kappa shape index (κ3) is 7.15. The van der Waals surface area contributed by atoms with E-state index in [1.54, 1.807) is 6.26 Å². The van der Waals surface area contributed by atoms with Crippen molar-refractivity contribution in [3.05, 3.63) is 24.2 Å². The predicted molar refractivity (Wildman–Crippen MR) is 88.9 cm³/mol. The van der Waals surface area contributed by atoms with Crippen LogP contribution in [0.25, 0.3) is 0 Å². The topological polar surface area (TPSA) is 69.9 Å². The molecule has 1 aromatic rings. The highest BCUT2D eigenvalue weighted by Gasteiger charge is 2.16. The van der Waals surface area contributed by atoms with Crippen molar-refractivity contribution in [2.24, 2.45) is 4.99 Å². The van der Waals surface area contributed by atoms with E-state index in [-0.39, 0.29) is 18.0 Å². The molecule has 0 radical (unpaired) electrons. The first-order chi connectivity index (χ1) is 10.3. The van der Waals surface area contributed by atoms with Crippen molar-refractivity contribution in [2.75, 3.05) is 26.7 Å². The lowest BCUT2D eigenvalue weighted by atomic mass is 10.1. The zero-order valence-electron chi connectivity index (χ0n) is 14.3. The van der Waals surface area contributed by atoms with Crippen LogP contribution in [0, 0.1) is 0 Å². The molecule has 0 fully saturated rings. The van der Waals surface area contributed by atoms with Crippen LogP contribution in [0.15, 0.2) is 27.8 Å². The van der Waals surface area contributed by atoms with Gasteiger partial charge in [-0.05, 0) is 39.8 Å². The van der Waals surface area contributed by atoms with Gasteiger partial charge in [-0.15, -0.1) is 0 Å². The minimum absolute atomic E-state index is 0.0216. The maximum absolute atomic E-state index is 12.0. The second-order valence-corrected chi connectivity index (χ2v) is 6.22. The van der Waals surface area contributed by atoms with Gasteiger partial charge < -0.3 is 20.0 Å². The molecule has 2 N–H and O–H groups in total. The van der Waals surface area contributed by atoms with Crippen molar-refractivity contribution < 1.29 is 9.21 Å². The van der Waals surface area contributed by atoms with Gasteiger partial charge in [0.1, 0.15) is 5.76 Å². The van der Waals surface area contributed by atoms with Crippen LogP contribution in [0.4, 0.5) is 0 Å². The van der Waals surface area contributed by atoms with Gasteiger partial charge in [-0.1, -0.05) is 0 Å². The van der Waals surface area contributed by atoms with Gasteiger partial charge >= 0.3 is 0 Å². The number of guanidine groups is 1. The number of hydrogen-bond donors (Lipinski definition) is 2. The molecule has 6 heteroatoms. The van der Waals surface area contributed by atoms with Crippen LogP contribution in [0.2, 0.25) is 0 Å². The van der Waals surface area contributed by atoms with Gasteiger partial charge in [-0.2, -0.15) is 0 Å². The van der Waals surface area contributed by atoms with E-state index in [2.05, 4.69) is 15.6 Å². The summed E-state index contributed by atoms with van der Waals surface area (Å²) in [4.78, 5) is 18.3. The predicted octanol–water partition coefficient (Wildman–Crippen LogP) is 1.63. The summed E-state index contributed by atoms with van der Waals surface area (Å²) < 4.78 is 5.29. The molecule has 0 aromatic carbocycles. The normalized spacial score (nSPS) is 12.1.